The highest BCUT2D eigenvalue weighted by molar-refractivity contribution is 5.03. The van der Waals surface area contributed by atoms with Gasteiger partial charge in [0.15, 0.2) is 0 Å². The maximum atomic E-state index is 6.33. The van der Waals surface area contributed by atoms with Crippen LogP contribution in [0.4, 0.5) is 0 Å². The molecule has 0 amide bonds. The molecule has 3 nitrogen and oxygen atoms in total. The summed E-state index contributed by atoms with van der Waals surface area (Å²) in [4.78, 5) is 2.79. The van der Waals surface area contributed by atoms with Gasteiger partial charge in [-0.3, -0.25) is 4.90 Å². The molecule has 1 saturated heterocycles. The van der Waals surface area contributed by atoms with E-state index < -0.39 is 0 Å². The Kier molecular flexibility index (Phi) is 4.40. The largest absolute Gasteiger partial charge is 0.375 e. The van der Waals surface area contributed by atoms with Crippen LogP contribution in [0.5, 0.6) is 0 Å². The minimum atomic E-state index is 0.268. The molecule has 4 unspecified atom stereocenters. The number of hydrogen-bond acceptors (Lipinski definition) is 3. The highest BCUT2D eigenvalue weighted by Crippen LogP contribution is 2.43. The lowest BCUT2D eigenvalue weighted by Crippen LogP contribution is -2.64. The Morgan fingerprint density at radius 3 is 2.85 bits per heavy atom. The fourth-order valence-electron chi connectivity index (χ4n) is 5.03. The summed E-state index contributed by atoms with van der Waals surface area (Å²) >= 11 is 0. The second-order valence-corrected chi connectivity index (χ2v) is 7.63. The van der Waals surface area contributed by atoms with Crippen molar-refractivity contribution in [1.82, 2.24) is 4.90 Å². The molecule has 3 heteroatoms. The number of nitrogens with two attached hydrogens (primary N) is 1. The van der Waals surface area contributed by atoms with Crippen LogP contribution in [0, 0.1) is 11.8 Å². The van der Waals surface area contributed by atoms with Crippen molar-refractivity contribution in [3.8, 4) is 0 Å². The van der Waals surface area contributed by atoms with Crippen molar-refractivity contribution in [3.63, 3.8) is 0 Å². The van der Waals surface area contributed by atoms with Crippen molar-refractivity contribution >= 4 is 0 Å². The van der Waals surface area contributed by atoms with E-state index in [9.17, 15) is 0 Å². The Morgan fingerprint density at radius 2 is 2.10 bits per heavy atom. The highest BCUT2D eigenvalue weighted by Gasteiger charge is 2.48. The molecule has 1 aliphatic heterocycles. The summed E-state index contributed by atoms with van der Waals surface area (Å²) in [6.07, 6.45) is 9.77. The molecule has 4 atom stereocenters. The topological polar surface area (TPSA) is 38.5 Å². The van der Waals surface area contributed by atoms with Crippen LogP contribution in [0.1, 0.15) is 58.8 Å². The fourth-order valence-corrected chi connectivity index (χ4v) is 5.03. The van der Waals surface area contributed by atoms with Gasteiger partial charge in [-0.25, -0.2) is 0 Å². The Bertz CT molecular complexity index is 333. The van der Waals surface area contributed by atoms with E-state index in [1.54, 1.807) is 0 Å². The maximum Gasteiger partial charge on any atom is 0.0731 e. The quantitative estimate of drug-likeness (QED) is 0.864. The van der Waals surface area contributed by atoms with Gasteiger partial charge in [0.1, 0.15) is 0 Å². The van der Waals surface area contributed by atoms with Crippen LogP contribution in [0.2, 0.25) is 0 Å². The summed E-state index contributed by atoms with van der Waals surface area (Å²) in [7, 11) is 0. The number of ether oxygens (including phenoxy) is 1. The Hall–Kier alpha value is -0.120. The molecular formula is C17H32N2O. The van der Waals surface area contributed by atoms with Crippen LogP contribution in [-0.4, -0.2) is 42.3 Å². The minimum Gasteiger partial charge on any atom is -0.375 e. The normalized spacial score (nSPS) is 42.9. The van der Waals surface area contributed by atoms with Gasteiger partial charge in [-0.05, 0) is 43.9 Å². The van der Waals surface area contributed by atoms with Crippen LogP contribution in [0.15, 0.2) is 0 Å². The third-order valence-electron chi connectivity index (χ3n) is 6.27. The first-order valence-corrected chi connectivity index (χ1v) is 8.75. The fraction of sp³-hybridized carbons (Fsp3) is 1.00. The van der Waals surface area contributed by atoms with E-state index in [0.717, 1.165) is 31.5 Å². The Balaban J connectivity index is 1.80. The molecule has 3 rings (SSSR count). The first-order valence-electron chi connectivity index (χ1n) is 8.75. The lowest BCUT2D eigenvalue weighted by molar-refractivity contribution is -0.112. The van der Waals surface area contributed by atoms with Gasteiger partial charge in [-0.2, -0.15) is 0 Å². The zero-order valence-electron chi connectivity index (χ0n) is 13.3. The first kappa shape index (κ1) is 14.8. The predicted molar refractivity (Wildman–Crippen MR) is 82.7 cm³/mol. The van der Waals surface area contributed by atoms with E-state index in [-0.39, 0.29) is 5.54 Å². The molecule has 3 aliphatic rings. The molecular weight excluding hydrogens is 248 g/mol. The predicted octanol–water partition coefficient (Wildman–Crippen LogP) is 2.78. The zero-order chi connectivity index (χ0) is 14.2. The highest BCUT2D eigenvalue weighted by atomic mass is 16.5. The average Bonchev–Trinajstić information content (AvgIpc) is 2.95. The first-order chi connectivity index (χ1) is 9.66. The Morgan fingerprint density at radius 1 is 1.25 bits per heavy atom. The van der Waals surface area contributed by atoms with E-state index >= 15 is 0 Å². The molecule has 0 spiro atoms. The summed E-state index contributed by atoms with van der Waals surface area (Å²) in [5.41, 5.74) is 6.60. The molecule has 0 radical (unpaired) electrons. The number of rotatable bonds is 3. The molecule has 0 bridgehead atoms. The molecule has 0 aromatic heterocycles. The smallest absolute Gasteiger partial charge is 0.0731 e. The third kappa shape index (κ3) is 2.53. The zero-order valence-corrected chi connectivity index (χ0v) is 13.3. The van der Waals surface area contributed by atoms with Crippen molar-refractivity contribution in [2.24, 2.45) is 17.6 Å². The van der Waals surface area contributed by atoms with Crippen LogP contribution in [-0.2, 0) is 4.74 Å². The standard InChI is InChI=1S/C17H32N2O/c1-13(2)14-5-4-8-17(11-14,12-18)19-9-10-20-16-7-3-6-15(16)19/h13-16H,3-12,18H2,1-2H3. The second-order valence-electron chi connectivity index (χ2n) is 7.63. The number of morpholine rings is 1. The summed E-state index contributed by atoms with van der Waals surface area (Å²) in [6, 6.07) is 0.651. The Labute approximate surface area is 124 Å². The number of hydrogen-bond donors (Lipinski definition) is 1. The van der Waals surface area contributed by atoms with Gasteiger partial charge in [0.05, 0.1) is 12.7 Å². The number of nitrogens with zero attached hydrogens (tertiary/aromatic N) is 1. The van der Waals surface area contributed by atoms with Gasteiger partial charge in [0, 0.05) is 24.7 Å². The van der Waals surface area contributed by atoms with Gasteiger partial charge < -0.3 is 10.5 Å². The lowest BCUT2D eigenvalue weighted by atomic mass is 9.70. The molecule has 0 aromatic rings. The minimum absolute atomic E-state index is 0.268. The van der Waals surface area contributed by atoms with Crippen molar-refractivity contribution < 1.29 is 4.74 Å². The van der Waals surface area contributed by atoms with E-state index in [4.69, 9.17) is 10.5 Å². The van der Waals surface area contributed by atoms with Gasteiger partial charge in [0.25, 0.3) is 0 Å². The molecule has 2 aliphatic carbocycles. The molecule has 2 saturated carbocycles. The molecule has 3 fully saturated rings. The van der Waals surface area contributed by atoms with Gasteiger partial charge >= 0.3 is 0 Å². The van der Waals surface area contributed by atoms with Crippen molar-refractivity contribution in [1.29, 1.82) is 0 Å². The molecule has 1 heterocycles. The molecule has 20 heavy (non-hydrogen) atoms. The summed E-state index contributed by atoms with van der Waals surface area (Å²) in [5.74, 6) is 1.65. The van der Waals surface area contributed by atoms with Crippen molar-refractivity contribution in [3.05, 3.63) is 0 Å². The van der Waals surface area contributed by atoms with Crippen LogP contribution >= 0.6 is 0 Å². The monoisotopic (exact) mass is 280 g/mol. The maximum absolute atomic E-state index is 6.33. The van der Waals surface area contributed by atoms with Crippen LogP contribution in [0.25, 0.3) is 0 Å². The second kappa shape index (κ2) is 5.94. The van der Waals surface area contributed by atoms with E-state index in [1.165, 1.54) is 44.9 Å². The summed E-state index contributed by atoms with van der Waals surface area (Å²) in [5, 5.41) is 0. The lowest BCUT2D eigenvalue weighted by Gasteiger charge is -2.54. The van der Waals surface area contributed by atoms with E-state index in [2.05, 4.69) is 18.7 Å². The van der Waals surface area contributed by atoms with Gasteiger partial charge in [0.2, 0.25) is 0 Å². The van der Waals surface area contributed by atoms with Crippen LogP contribution in [0.3, 0.4) is 0 Å². The SMILES string of the molecule is CC(C)C1CCCC(CN)(N2CCOC3CCCC32)C1. The summed E-state index contributed by atoms with van der Waals surface area (Å²) in [6.45, 7) is 7.61. The van der Waals surface area contributed by atoms with Gasteiger partial charge in [-0.15, -0.1) is 0 Å². The molecule has 2 N–H and O–H groups in total. The molecule has 116 valence electrons. The van der Waals surface area contributed by atoms with Gasteiger partial charge in [-0.1, -0.05) is 26.7 Å². The van der Waals surface area contributed by atoms with Crippen molar-refractivity contribution in [2.75, 3.05) is 19.7 Å². The molecule has 0 aromatic carbocycles. The van der Waals surface area contributed by atoms with E-state index in [0.29, 0.717) is 12.1 Å². The average molecular weight is 280 g/mol. The van der Waals surface area contributed by atoms with Crippen molar-refractivity contribution in [2.45, 2.75) is 76.5 Å². The van der Waals surface area contributed by atoms with Crippen LogP contribution < -0.4 is 5.73 Å². The number of fused-ring (bicyclic) bond motifs is 1. The summed E-state index contributed by atoms with van der Waals surface area (Å²) < 4.78 is 6.00. The third-order valence-corrected chi connectivity index (χ3v) is 6.27. The van der Waals surface area contributed by atoms with E-state index in [1.807, 2.05) is 0 Å².